The van der Waals surface area contributed by atoms with Crippen molar-refractivity contribution in [1.82, 2.24) is 0 Å². The van der Waals surface area contributed by atoms with E-state index in [0.717, 1.165) is 24.5 Å². The Kier molecular flexibility index (Phi) is 6.85. The van der Waals surface area contributed by atoms with Crippen molar-refractivity contribution in [3.63, 3.8) is 0 Å². The van der Waals surface area contributed by atoms with Gasteiger partial charge in [-0.15, -0.1) is 11.8 Å². The lowest BCUT2D eigenvalue weighted by molar-refractivity contribution is -0.627. The first-order valence-corrected chi connectivity index (χ1v) is 8.65. The summed E-state index contributed by atoms with van der Waals surface area (Å²) in [4.78, 5) is 19.3. The van der Waals surface area contributed by atoms with Crippen molar-refractivity contribution in [2.24, 2.45) is 0 Å². The van der Waals surface area contributed by atoms with Crippen molar-refractivity contribution >= 4 is 23.7 Å². The van der Waals surface area contributed by atoms with Gasteiger partial charge in [-0.2, -0.15) is 0 Å². The third-order valence-corrected chi connectivity index (χ3v) is 4.86. The summed E-state index contributed by atoms with van der Waals surface area (Å²) in [6.45, 7) is 1.13. The predicted molar refractivity (Wildman–Crippen MR) is 91.5 cm³/mol. The minimum Gasteiger partial charge on any atom is -0.539 e. The van der Waals surface area contributed by atoms with Crippen LogP contribution in [0.2, 0.25) is 0 Å². The Hall–Kier alpha value is -2.51. The smallest absolute Gasteiger partial charge is 0.351 e. The van der Waals surface area contributed by atoms with Crippen molar-refractivity contribution in [3.05, 3.63) is 54.1 Å². The highest BCUT2D eigenvalue weighted by molar-refractivity contribution is 7.99. The SMILES string of the molecule is C[NH2+]CCC1Sc2ccccc2Oc2ccccc21.O=C([O-])C(=O)O. The number of carbonyl (C=O) groups is 2. The second-order valence-corrected chi connectivity index (χ2v) is 6.52. The zero-order valence-electron chi connectivity index (χ0n) is 13.7. The van der Waals surface area contributed by atoms with E-state index in [-0.39, 0.29) is 0 Å². The van der Waals surface area contributed by atoms with E-state index in [1.54, 1.807) is 0 Å². The Labute approximate surface area is 149 Å². The monoisotopic (exact) mass is 361 g/mol. The number of ether oxygens (including phenoxy) is 1. The van der Waals surface area contributed by atoms with Crippen LogP contribution in [0, 0.1) is 0 Å². The Balaban J connectivity index is 0.000000326. The maximum absolute atomic E-state index is 9.04. The van der Waals surface area contributed by atoms with Crippen molar-refractivity contribution in [1.29, 1.82) is 0 Å². The van der Waals surface area contributed by atoms with E-state index in [1.807, 2.05) is 30.0 Å². The molecule has 1 heterocycles. The first-order chi connectivity index (χ1) is 12.0. The number of thioether (sulfide) groups is 1. The molecule has 0 aromatic heterocycles. The molecule has 0 spiro atoms. The molecule has 3 rings (SSSR count). The molecule has 2 aromatic carbocycles. The minimum absolute atomic E-state index is 0.469. The molecule has 132 valence electrons. The number of carboxylic acid groups (broad SMARTS) is 2. The Morgan fingerprint density at radius 2 is 1.76 bits per heavy atom. The third-order valence-electron chi connectivity index (χ3n) is 3.50. The molecule has 0 bridgehead atoms. The van der Waals surface area contributed by atoms with E-state index < -0.39 is 11.9 Å². The Bertz CT molecular complexity index is 738. The largest absolute Gasteiger partial charge is 0.539 e. The fourth-order valence-corrected chi connectivity index (χ4v) is 3.60. The van der Waals surface area contributed by atoms with Gasteiger partial charge in [0.05, 0.1) is 18.5 Å². The van der Waals surface area contributed by atoms with Crippen molar-refractivity contribution < 1.29 is 29.9 Å². The summed E-state index contributed by atoms with van der Waals surface area (Å²) < 4.78 is 6.08. The summed E-state index contributed by atoms with van der Waals surface area (Å²) in [7, 11) is 2.12. The second kappa shape index (κ2) is 9.10. The lowest BCUT2D eigenvalue weighted by atomic mass is 10.1. The van der Waals surface area contributed by atoms with Crippen LogP contribution in [-0.2, 0) is 9.59 Å². The van der Waals surface area contributed by atoms with Gasteiger partial charge >= 0.3 is 5.97 Å². The molecule has 25 heavy (non-hydrogen) atoms. The molecule has 7 heteroatoms. The summed E-state index contributed by atoms with van der Waals surface area (Å²) in [5.74, 6) is -2.03. The number of fused-ring (bicyclic) bond motifs is 2. The van der Waals surface area contributed by atoms with Gasteiger partial charge in [-0.25, -0.2) is 4.79 Å². The fourth-order valence-electron chi connectivity index (χ4n) is 2.34. The van der Waals surface area contributed by atoms with Gasteiger partial charge in [0.25, 0.3) is 0 Å². The summed E-state index contributed by atoms with van der Waals surface area (Å²) in [6, 6.07) is 16.7. The van der Waals surface area contributed by atoms with E-state index in [1.165, 1.54) is 10.5 Å². The number of rotatable bonds is 3. The first kappa shape index (κ1) is 18.8. The molecule has 1 unspecified atom stereocenters. The summed E-state index contributed by atoms with van der Waals surface area (Å²) in [6.07, 6.45) is 1.15. The van der Waals surface area contributed by atoms with Gasteiger partial charge in [0.15, 0.2) is 5.97 Å². The maximum Gasteiger partial charge on any atom is 0.351 e. The molecule has 0 saturated carbocycles. The normalized spacial score (nSPS) is 14.7. The molecule has 0 aliphatic carbocycles. The van der Waals surface area contributed by atoms with Crippen LogP contribution in [0.25, 0.3) is 0 Å². The highest BCUT2D eigenvalue weighted by Gasteiger charge is 2.23. The second-order valence-electron chi connectivity index (χ2n) is 5.27. The highest BCUT2D eigenvalue weighted by atomic mass is 32.2. The third kappa shape index (κ3) is 5.23. The topological polar surface area (TPSA) is 103 Å². The van der Waals surface area contributed by atoms with E-state index in [9.17, 15) is 0 Å². The van der Waals surface area contributed by atoms with Crippen molar-refractivity contribution in [2.75, 3.05) is 13.6 Å². The van der Waals surface area contributed by atoms with Crippen LogP contribution in [0.4, 0.5) is 0 Å². The van der Waals surface area contributed by atoms with Crippen LogP contribution in [0.3, 0.4) is 0 Å². The molecule has 0 saturated heterocycles. The van der Waals surface area contributed by atoms with Gasteiger partial charge in [-0.1, -0.05) is 30.3 Å². The standard InChI is InChI=1S/C16H17NOS.C2H2O4/c1-17-11-10-15-12-6-2-3-7-13(12)18-14-8-4-5-9-16(14)19-15;3-1(4)2(5)6/h2-9,15,17H,10-11H2,1H3;(H,3,4)(H,5,6). The van der Waals surface area contributed by atoms with Crippen LogP contribution in [0.5, 0.6) is 11.5 Å². The average molecular weight is 361 g/mol. The molecular formula is C18H19NO5S. The number of aliphatic carboxylic acids is 2. The van der Waals surface area contributed by atoms with Crippen LogP contribution in [-0.4, -0.2) is 30.6 Å². The number of carbonyl (C=O) groups excluding carboxylic acids is 1. The number of carboxylic acids is 2. The van der Waals surface area contributed by atoms with E-state index in [4.69, 9.17) is 24.5 Å². The molecule has 1 atom stereocenters. The average Bonchev–Trinajstić information content (AvgIpc) is 2.76. The van der Waals surface area contributed by atoms with Gasteiger partial charge in [0.2, 0.25) is 0 Å². The number of hydrogen-bond donors (Lipinski definition) is 2. The fraction of sp³-hybridized carbons (Fsp3) is 0.222. The van der Waals surface area contributed by atoms with E-state index in [2.05, 4.69) is 42.7 Å². The molecule has 0 amide bonds. The molecule has 2 aromatic rings. The van der Waals surface area contributed by atoms with Crippen LogP contribution in [0.15, 0.2) is 53.4 Å². The van der Waals surface area contributed by atoms with Gasteiger partial charge in [-0.3, -0.25) is 0 Å². The van der Waals surface area contributed by atoms with Gasteiger partial charge < -0.3 is 25.1 Å². The van der Waals surface area contributed by atoms with Crippen LogP contribution < -0.4 is 15.2 Å². The molecule has 6 nitrogen and oxygen atoms in total. The summed E-state index contributed by atoms with van der Waals surface area (Å²) in [5, 5.41) is 19.0. The van der Waals surface area contributed by atoms with Crippen molar-refractivity contribution in [3.8, 4) is 11.5 Å². The molecule has 1 aliphatic heterocycles. The summed E-state index contributed by atoms with van der Waals surface area (Å²) >= 11 is 1.92. The zero-order valence-corrected chi connectivity index (χ0v) is 14.5. The predicted octanol–water partition coefficient (Wildman–Crippen LogP) is 1.03. The van der Waals surface area contributed by atoms with Crippen LogP contribution >= 0.6 is 11.8 Å². The number of nitrogens with two attached hydrogens (primary N) is 1. The molecule has 3 N–H and O–H groups in total. The van der Waals surface area contributed by atoms with Crippen LogP contribution in [0.1, 0.15) is 17.2 Å². The lowest BCUT2D eigenvalue weighted by Crippen LogP contribution is -2.79. The van der Waals surface area contributed by atoms with Crippen molar-refractivity contribution in [2.45, 2.75) is 16.6 Å². The molecule has 0 radical (unpaired) electrons. The Morgan fingerprint density at radius 3 is 2.40 bits per heavy atom. The van der Waals surface area contributed by atoms with Gasteiger partial charge in [0.1, 0.15) is 11.5 Å². The zero-order chi connectivity index (χ0) is 18.2. The maximum atomic E-state index is 9.04. The number of hydrogen-bond acceptors (Lipinski definition) is 5. The van der Waals surface area contributed by atoms with E-state index in [0.29, 0.717) is 5.25 Å². The molecule has 0 fully saturated rings. The summed E-state index contributed by atoms with van der Waals surface area (Å²) in [5.41, 5.74) is 1.31. The molecular weight excluding hydrogens is 342 g/mol. The number of para-hydroxylation sites is 2. The van der Waals surface area contributed by atoms with E-state index >= 15 is 0 Å². The number of quaternary nitrogens is 1. The minimum atomic E-state index is -2.07. The lowest BCUT2D eigenvalue weighted by Gasteiger charge is -2.14. The highest BCUT2D eigenvalue weighted by Crippen LogP contribution is 2.49. The van der Waals surface area contributed by atoms with Gasteiger partial charge in [0, 0.05) is 17.2 Å². The first-order valence-electron chi connectivity index (χ1n) is 7.77. The van der Waals surface area contributed by atoms with Gasteiger partial charge in [-0.05, 0) is 18.2 Å². The molecule has 1 aliphatic rings. The quantitative estimate of drug-likeness (QED) is 0.792. The Morgan fingerprint density at radius 1 is 1.16 bits per heavy atom. The number of benzene rings is 2.